The predicted octanol–water partition coefficient (Wildman–Crippen LogP) is 2.98. The SMILES string of the molecule is CC(NCc1ccc(OCc2ccccc2C(F)(F)F)c2c1OCO2)C(N)=O. The fourth-order valence-corrected chi connectivity index (χ4v) is 2.72. The van der Waals surface area contributed by atoms with E-state index >= 15 is 0 Å². The van der Waals surface area contributed by atoms with Gasteiger partial charge in [0, 0.05) is 17.7 Å². The van der Waals surface area contributed by atoms with Gasteiger partial charge in [0.1, 0.15) is 6.61 Å². The Hall–Kier alpha value is -2.94. The van der Waals surface area contributed by atoms with Gasteiger partial charge in [-0.2, -0.15) is 13.2 Å². The minimum absolute atomic E-state index is 0.0173. The Morgan fingerprint density at radius 2 is 1.89 bits per heavy atom. The molecule has 2 aromatic carbocycles. The molecule has 2 aromatic rings. The largest absolute Gasteiger partial charge is 0.485 e. The van der Waals surface area contributed by atoms with Crippen molar-refractivity contribution < 1.29 is 32.2 Å². The summed E-state index contributed by atoms with van der Waals surface area (Å²) in [5.41, 5.74) is 5.20. The van der Waals surface area contributed by atoms with Gasteiger partial charge in [-0.15, -0.1) is 0 Å². The van der Waals surface area contributed by atoms with Crippen molar-refractivity contribution >= 4 is 5.91 Å². The second-order valence-electron chi connectivity index (χ2n) is 6.24. The van der Waals surface area contributed by atoms with Crippen molar-refractivity contribution in [3.8, 4) is 17.2 Å². The van der Waals surface area contributed by atoms with Crippen molar-refractivity contribution in [3.63, 3.8) is 0 Å². The molecular weight excluding hydrogens is 377 g/mol. The third kappa shape index (κ3) is 4.30. The van der Waals surface area contributed by atoms with E-state index in [1.54, 1.807) is 19.1 Å². The van der Waals surface area contributed by atoms with E-state index < -0.39 is 23.7 Å². The molecule has 0 bridgehead atoms. The van der Waals surface area contributed by atoms with Gasteiger partial charge in [0.15, 0.2) is 11.5 Å². The maximum Gasteiger partial charge on any atom is 0.416 e. The Kier molecular flexibility index (Phi) is 5.64. The molecule has 1 amide bonds. The molecule has 0 fully saturated rings. The van der Waals surface area contributed by atoms with Crippen molar-refractivity contribution in [1.82, 2.24) is 5.32 Å². The van der Waals surface area contributed by atoms with Crippen LogP contribution in [0.15, 0.2) is 36.4 Å². The summed E-state index contributed by atoms with van der Waals surface area (Å²) in [4.78, 5) is 11.1. The van der Waals surface area contributed by atoms with Crippen molar-refractivity contribution in [2.45, 2.75) is 32.3 Å². The van der Waals surface area contributed by atoms with Crippen molar-refractivity contribution in [2.75, 3.05) is 6.79 Å². The molecule has 0 spiro atoms. The third-order valence-corrected chi connectivity index (χ3v) is 4.30. The second kappa shape index (κ2) is 7.97. The van der Waals surface area contributed by atoms with Gasteiger partial charge in [0.2, 0.25) is 18.4 Å². The lowest BCUT2D eigenvalue weighted by molar-refractivity contribution is -0.138. The minimum atomic E-state index is -4.46. The number of nitrogens with one attached hydrogen (secondary N) is 1. The smallest absolute Gasteiger partial charge is 0.416 e. The highest BCUT2D eigenvalue weighted by atomic mass is 19.4. The first-order valence-electron chi connectivity index (χ1n) is 8.49. The molecular formula is C19H19F3N2O4. The fraction of sp³-hybridized carbons (Fsp3) is 0.316. The van der Waals surface area contributed by atoms with E-state index in [0.29, 0.717) is 23.6 Å². The summed E-state index contributed by atoms with van der Waals surface area (Å²) in [6, 6.07) is 7.98. The topological polar surface area (TPSA) is 82.8 Å². The number of rotatable bonds is 7. The number of carbonyl (C=O) groups excluding carboxylic acids is 1. The minimum Gasteiger partial charge on any atom is -0.485 e. The average Bonchev–Trinajstić information content (AvgIpc) is 3.14. The first-order chi connectivity index (χ1) is 13.3. The highest BCUT2D eigenvalue weighted by Gasteiger charge is 2.33. The molecule has 150 valence electrons. The number of primary amides is 1. The van der Waals surface area contributed by atoms with Gasteiger partial charge >= 0.3 is 6.18 Å². The molecule has 1 aliphatic heterocycles. The summed E-state index contributed by atoms with van der Waals surface area (Å²) in [7, 11) is 0. The first kappa shape index (κ1) is 19.8. The van der Waals surface area contributed by atoms with Gasteiger partial charge < -0.3 is 25.3 Å². The quantitative estimate of drug-likeness (QED) is 0.752. The third-order valence-electron chi connectivity index (χ3n) is 4.30. The van der Waals surface area contributed by atoms with Crippen LogP contribution >= 0.6 is 0 Å². The number of nitrogens with two attached hydrogens (primary N) is 1. The molecule has 28 heavy (non-hydrogen) atoms. The maximum absolute atomic E-state index is 13.1. The van der Waals surface area contributed by atoms with Gasteiger partial charge in [-0.1, -0.05) is 24.3 Å². The zero-order valence-electron chi connectivity index (χ0n) is 15.0. The molecule has 1 unspecified atom stereocenters. The van der Waals surface area contributed by atoms with Crippen molar-refractivity contribution in [2.24, 2.45) is 5.73 Å². The summed E-state index contributed by atoms with van der Waals surface area (Å²) in [5.74, 6) is 0.523. The zero-order chi connectivity index (χ0) is 20.3. The molecule has 3 rings (SSSR count). The van der Waals surface area contributed by atoms with E-state index in [2.05, 4.69) is 5.32 Å². The summed E-state index contributed by atoms with van der Waals surface area (Å²) >= 11 is 0. The van der Waals surface area contributed by atoms with Gasteiger partial charge in [0.25, 0.3) is 0 Å². The molecule has 1 heterocycles. The Bertz CT molecular complexity index is 871. The monoisotopic (exact) mass is 396 g/mol. The van der Waals surface area contributed by atoms with Gasteiger partial charge in [-0.3, -0.25) is 4.79 Å². The predicted molar refractivity (Wildman–Crippen MR) is 93.8 cm³/mol. The van der Waals surface area contributed by atoms with E-state index in [1.807, 2.05) is 0 Å². The number of alkyl halides is 3. The molecule has 9 heteroatoms. The number of benzene rings is 2. The van der Waals surface area contributed by atoms with Crippen LogP contribution in [0.5, 0.6) is 17.2 Å². The fourth-order valence-electron chi connectivity index (χ4n) is 2.72. The Balaban J connectivity index is 1.76. The van der Waals surface area contributed by atoms with Crippen LogP contribution in [-0.2, 0) is 24.1 Å². The Morgan fingerprint density at radius 3 is 2.61 bits per heavy atom. The second-order valence-corrected chi connectivity index (χ2v) is 6.24. The molecule has 0 saturated carbocycles. The molecule has 3 N–H and O–H groups in total. The Morgan fingerprint density at radius 1 is 1.18 bits per heavy atom. The molecule has 0 radical (unpaired) electrons. The molecule has 1 aliphatic rings. The number of carbonyl (C=O) groups is 1. The highest BCUT2D eigenvalue weighted by molar-refractivity contribution is 5.79. The summed E-state index contributed by atoms with van der Waals surface area (Å²) in [6.07, 6.45) is -4.46. The summed E-state index contributed by atoms with van der Waals surface area (Å²) < 4.78 is 55.8. The number of fused-ring (bicyclic) bond motifs is 1. The summed E-state index contributed by atoms with van der Waals surface area (Å²) in [6.45, 7) is 1.62. The van der Waals surface area contributed by atoms with E-state index in [1.165, 1.54) is 18.2 Å². The number of halogens is 3. The number of amides is 1. The van der Waals surface area contributed by atoms with Crippen molar-refractivity contribution in [3.05, 3.63) is 53.1 Å². The Labute approximate surface area is 159 Å². The van der Waals surface area contributed by atoms with E-state index in [-0.39, 0.29) is 24.7 Å². The van der Waals surface area contributed by atoms with E-state index in [0.717, 1.165) is 6.07 Å². The highest BCUT2D eigenvalue weighted by Crippen LogP contribution is 2.44. The molecule has 6 nitrogen and oxygen atoms in total. The molecule has 0 aromatic heterocycles. The van der Waals surface area contributed by atoms with Crippen LogP contribution in [0.2, 0.25) is 0 Å². The number of hydrogen-bond donors (Lipinski definition) is 2. The standard InChI is InChI=1S/C19H19F3N2O4/c1-11(18(23)25)24-8-12-6-7-15(17-16(12)27-10-28-17)26-9-13-4-2-3-5-14(13)19(20,21)22/h2-7,11,24H,8-10H2,1H3,(H2,23,25). The maximum atomic E-state index is 13.1. The van der Waals surface area contributed by atoms with Crippen molar-refractivity contribution in [1.29, 1.82) is 0 Å². The van der Waals surface area contributed by atoms with E-state index in [9.17, 15) is 18.0 Å². The lowest BCUT2D eigenvalue weighted by atomic mass is 10.1. The van der Waals surface area contributed by atoms with Crippen LogP contribution in [-0.4, -0.2) is 18.7 Å². The van der Waals surface area contributed by atoms with E-state index in [4.69, 9.17) is 19.9 Å². The molecule has 0 saturated heterocycles. The zero-order valence-corrected chi connectivity index (χ0v) is 15.0. The number of hydrogen-bond acceptors (Lipinski definition) is 5. The first-order valence-corrected chi connectivity index (χ1v) is 8.49. The van der Waals surface area contributed by atoms with Crippen LogP contribution in [0.1, 0.15) is 23.6 Å². The molecule has 0 aliphatic carbocycles. The van der Waals surface area contributed by atoms with Crippen LogP contribution in [0, 0.1) is 0 Å². The van der Waals surface area contributed by atoms with Crippen LogP contribution in [0.4, 0.5) is 13.2 Å². The van der Waals surface area contributed by atoms with Gasteiger partial charge in [-0.05, 0) is 19.1 Å². The van der Waals surface area contributed by atoms with Gasteiger partial charge in [-0.25, -0.2) is 0 Å². The van der Waals surface area contributed by atoms with Gasteiger partial charge in [0.05, 0.1) is 11.6 Å². The molecule has 1 atom stereocenters. The van der Waals surface area contributed by atoms with Crippen LogP contribution in [0.25, 0.3) is 0 Å². The lowest BCUT2D eigenvalue weighted by Crippen LogP contribution is -2.38. The van der Waals surface area contributed by atoms with Crippen LogP contribution in [0.3, 0.4) is 0 Å². The number of ether oxygens (including phenoxy) is 3. The normalized spacial score (nSPS) is 14.0. The lowest BCUT2D eigenvalue weighted by Gasteiger charge is -2.15. The summed E-state index contributed by atoms with van der Waals surface area (Å²) in [5, 5.41) is 2.95. The van der Waals surface area contributed by atoms with Crippen LogP contribution < -0.4 is 25.3 Å². The average molecular weight is 396 g/mol.